The van der Waals surface area contributed by atoms with Crippen molar-refractivity contribution in [2.45, 2.75) is 57.3 Å². The molecule has 0 aromatic heterocycles. The van der Waals surface area contributed by atoms with Crippen LogP contribution in [0.3, 0.4) is 0 Å². The number of hydrogen-bond acceptors (Lipinski definition) is 3. The monoisotopic (exact) mass is 300 g/mol. The molecule has 20 heavy (non-hydrogen) atoms. The molecule has 1 aromatic rings. The third-order valence-corrected chi connectivity index (χ3v) is 4.01. The summed E-state index contributed by atoms with van der Waals surface area (Å²) in [6, 6.07) is 2.98. The summed E-state index contributed by atoms with van der Waals surface area (Å²) < 4.78 is 37.9. The van der Waals surface area contributed by atoms with Crippen molar-refractivity contribution in [3.63, 3.8) is 0 Å². The molecule has 0 spiro atoms. The van der Waals surface area contributed by atoms with E-state index in [4.69, 9.17) is 4.74 Å². The standard InChI is InChI=1S/C15H24O4S/c1-14(2,3)11-8-10(20(16,17)18)9-12(13(11)19-7)15(4,5)6/h8-9H,1-7H3,(H,16,17,18). The van der Waals surface area contributed by atoms with E-state index in [1.807, 2.05) is 41.5 Å². The van der Waals surface area contributed by atoms with Crippen LogP contribution in [0.4, 0.5) is 0 Å². The summed E-state index contributed by atoms with van der Waals surface area (Å²) in [5.41, 5.74) is 0.929. The van der Waals surface area contributed by atoms with Crippen molar-refractivity contribution in [1.29, 1.82) is 0 Å². The first-order chi connectivity index (χ1) is 8.78. The number of rotatable bonds is 2. The molecule has 1 aromatic carbocycles. The van der Waals surface area contributed by atoms with Gasteiger partial charge in [0, 0.05) is 11.1 Å². The van der Waals surface area contributed by atoms with Gasteiger partial charge in [0.2, 0.25) is 0 Å². The van der Waals surface area contributed by atoms with Gasteiger partial charge in [-0.25, -0.2) is 0 Å². The van der Waals surface area contributed by atoms with E-state index in [1.165, 1.54) is 12.1 Å². The second kappa shape index (κ2) is 5.04. The molecule has 0 amide bonds. The van der Waals surface area contributed by atoms with Crippen LogP contribution in [0, 0.1) is 0 Å². The molecule has 0 aliphatic heterocycles. The molecule has 0 saturated heterocycles. The molecular formula is C15H24O4S. The SMILES string of the molecule is COc1c(C(C)(C)C)cc(S(=O)(=O)O)cc1C(C)(C)C. The molecular weight excluding hydrogens is 276 g/mol. The lowest BCUT2D eigenvalue weighted by atomic mass is 9.79. The highest BCUT2D eigenvalue weighted by Gasteiger charge is 2.29. The molecule has 0 heterocycles. The predicted octanol–water partition coefficient (Wildman–Crippen LogP) is 3.54. The van der Waals surface area contributed by atoms with Gasteiger partial charge in [0.15, 0.2) is 0 Å². The third kappa shape index (κ3) is 3.52. The molecule has 1 N–H and O–H groups in total. The Morgan fingerprint density at radius 2 is 1.30 bits per heavy atom. The van der Waals surface area contributed by atoms with E-state index in [0.29, 0.717) is 5.75 Å². The zero-order chi connectivity index (χ0) is 15.9. The van der Waals surface area contributed by atoms with Gasteiger partial charge in [-0.15, -0.1) is 0 Å². The van der Waals surface area contributed by atoms with Gasteiger partial charge >= 0.3 is 0 Å². The van der Waals surface area contributed by atoms with E-state index < -0.39 is 10.1 Å². The number of methoxy groups -OCH3 is 1. The number of benzene rings is 1. The first-order valence-corrected chi connectivity index (χ1v) is 7.93. The maximum atomic E-state index is 11.5. The molecule has 0 aliphatic carbocycles. The molecule has 0 unspecified atom stereocenters. The van der Waals surface area contributed by atoms with Gasteiger partial charge < -0.3 is 4.74 Å². The van der Waals surface area contributed by atoms with Gasteiger partial charge in [0.1, 0.15) is 5.75 Å². The molecule has 4 nitrogen and oxygen atoms in total. The lowest BCUT2D eigenvalue weighted by Gasteiger charge is -2.29. The maximum Gasteiger partial charge on any atom is 0.294 e. The Balaban J connectivity index is 3.85. The summed E-state index contributed by atoms with van der Waals surface area (Å²) in [5.74, 6) is 0.678. The number of ether oxygens (including phenoxy) is 1. The van der Waals surface area contributed by atoms with Crippen molar-refractivity contribution in [3.05, 3.63) is 23.3 Å². The lowest BCUT2D eigenvalue weighted by molar-refractivity contribution is 0.380. The van der Waals surface area contributed by atoms with Gasteiger partial charge in [-0.2, -0.15) is 8.42 Å². The van der Waals surface area contributed by atoms with Crippen LogP contribution in [0.5, 0.6) is 5.75 Å². The molecule has 0 aliphatic rings. The van der Waals surface area contributed by atoms with Gasteiger partial charge in [-0.1, -0.05) is 41.5 Å². The summed E-state index contributed by atoms with van der Waals surface area (Å²) in [5, 5.41) is 0. The summed E-state index contributed by atoms with van der Waals surface area (Å²) in [6.07, 6.45) is 0. The first-order valence-electron chi connectivity index (χ1n) is 6.49. The van der Waals surface area contributed by atoms with Crippen molar-refractivity contribution in [2.75, 3.05) is 7.11 Å². The topological polar surface area (TPSA) is 63.6 Å². The van der Waals surface area contributed by atoms with E-state index in [0.717, 1.165) is 11.1 Å². The molecule has 0 atom stereocenters. The molecule has 0 radical (unpaired) electrons. The van der Waals surface area contributed by atoms with E-state index in [9.17, 15) is 13.0 Å². The Kier molecular flexibility index (Phi) is 4.28. The molecule has 0 bridgehead atoms. The van der Waals surface area contributed by atoms with Crippen LogP contribution < -0.4 is 4.74 Å². The fourth-order valence-corrected chi connectivity index (χ4v) is 2.62. The number of hydrogen-bond donors (Lipinski definition) is 1. The highest BCUT2D eigenvalue weighted by Crippen LogP contribution is 2.41. The quantitative estimate of drug-likeness (QED) is 0.849. The van der Waals surface area contributed by atoms with Crippen LogP contribution in [-0.4, -0.2) is 20.1 Å². The van der Waals surface area contributed by atoms with Crippen LogP contribution in [0.2, 0.25) is 0 Å². The Morgan fingerprint density at radius 3 is 1.50 bits per heavy atom. The Hall–Kier alpha value is -1.07. The Bertz CT molecular complexity index is 567. The van der Waals surface area contributed by atoms with Crippen molar-refractivity contribution >= 4 is 10.1 Å². The second-order valence-electron chi connectivity index (χ2n) is 7.03. The van der Waals surface area contributed by atoms with Gasteiger partial charge in [-0.3, -0.25) is 4.55 Å². The molecule has 114 valence electrons. The van der Waals surface area contributed by atoms with E-state index in [1.54, 1.807) is 7.11 Å². The molecule has 0 fully saturated rings. The van der Waals surface area contributed by atoms with Crippen molar-refractivity contribution < 1.29 is 17.7 Å². The maximum absolute atomic E-state index is 11.5. The van der Waals surface area contributed by atoms with E-state index in [2.05, 4.69) is 0 Å². The smallest absolute Gasteiger partial charge is 0.294 e. The predicted molar refractivity (Wildman–Crippen MR) is 80.2 cm³/mol. The fraction of sp³-hybridized carbons (Fsp3) is 0.600. The minimum atomic E-state index is -4.25. The molecule has 5 heteroatoms. The van der Waals surface area contributed by atoms with Gasteiger partial charge in [0.05, 0.1) is 12.0 Å². The minimum absolute atomic E-state index is 0.0897. The summed E-state index contributed by atoms with van der Waals surface area (Å²) >= 11 is 0. The third-order valence-electron chi connectivity index (χ3n) is 3.18. The summed E-state index contributed by atoms with van der Waals surface area (Å²) in [4.78, 5) is -0.0897. The fourth-order valence-electron chi connectivity index (χ4n) is 2.09. The molecule has 0 saturated carbocycles. The zero-order valence-electron chi connectivity index (χ0n) is 13.2. The largest absolute Gasteiger partial charge is 0.496 e. The van der Waals surface area contributed by atoms with Crippen LogP contribution >= 0.6 is 0 Å². The molecule has 1 rings (SSSR count). The first kappa shape index (κ1) is 17.0. The van der Waals surface area contributed by atoms with Crippen LogP contribution in [0.1, 0.15) is 52.7 Å². The summed E-state index contributed by atoms with van der Waals surface area (Å²) in [6.45, 7) is 11.9. The van der Waals surface area contributed by atoms with Crippen molar-refractivity contribution in [3.8, 4) is 5.75 Å². The van der Waals surface area contributed by atoms with E-state index >= 15 is 0 Å². The highest BCUT2D eigenvalue weighted by atomic mass is 32.2. The average Bonchev–Trinajstić information content (AvgIpc) is 2.23. The van der Waals surface area contributed by atoms with Crippen molar-refractivity contribution in [1.82, 2.24) is 0 Å². The average molecular weight is 300 g/mol. The van der Waals surface area contributed by atoms with Crippen LogP contribution in [-0.2, 0) is 20.9 Å². The van der Waals surface area contributed by atoms with Crippen LogP contribution in [0.25, 0.3) is 0 Å². The minimum Gasteiger partial charge on any atom is -0.496 e. The Labute approximate surface area is 121 Å². The zero-order valence-corrected chi connectivity index (χ0v) is 14.1. The summed E-state index contributed by atoms with van der Waals surface area (Å²) in [7, 11) is -2.67. The lowest BCUT2D eigenvalue weighted by Crippen LogP contribution is -2.20. The Morgan fingerprint density at radius 1 is 0.950 bits per heavy atom. The second-order valence-corrected chi connectivity index (χ2v) is 8.45. The normalized spacial score (nSPS) is 13.4. The highest BCUT2D eigenvalue weighted by molar-refractivity contribution is 7.85. The van der Waals surface area contributed by atoms with Crippen LogP contribution in [0.15, 0.2) is 17.0 Å². The van der Waals surface area contributed by atoms with Crippen molar-refractivity contribution in [2.24, 2.45) is 0 Å². The van der Waals surface area contributed by atoms with Gasteiger partial charge in [-0.05, 0) is 23.0 Å². The van der Waals surface area contributed by atoms with Gasteiger partial charge in [0.25, 0.3) is 10.1 Å². The van der Waals surface area contributed by atoms with E-state index in [-0.39, 0.29) is 15.7 Å².